The van der Waals surface area contributed by atoms with Crippen molar-refractivity contribution in [3.63, 3.8) is 0 Å². The second kappa shape index (κ2) is 9.27. The van der Waals surface area contributed by atoms with Gasteiger partial charge in [-0.05, 0) is 37.4 Å². The molecule has 0 aromatic heterocycles. The molecule has 0 aliphatic heterocycles. The quantitative estimate of drug-likeness (QED) is 0.680. The van der Waals surface area contributed by atoms with E-state index in [0.29, 0.717) is 5.56 Å². The molecule has 0 fully saturated rings. The van der Waals surface area contributed by atoms with Crippen LogP contribution in [0.2, 0.25) is 0 Å². The van der Waals surface area contributed by atoms with Gasteiger partial charge >= 0.3 is 0 Å². The molecule has 0 saturated carbocycles. The Morgan fingerprint density at radius 1 is 1.35 bits per heavy atom. The van der Waals surface area contributed by atoms with Crippen molar-refractivity contribution in [2.45, 2.75) is 23.1 Å². The van der Waals surface area contributed by atoms with Gasteiger partial charge in [-0.3, -0.25) is 4.79 Å². The Bertz CT molecular complexity index is 597. The van der Waals surface area contributed by atoms with Crippen molar-refractivity contribution in [3.8, 4) is 0 Å². The van der Waals surface area contributed by atoms with Crippen LogP contribution in [-0.4, -0.2) is 63.1 Å². The van der Waals surface area contributed by atoms with Gasteiger partial charge in [-0.25, -0.2) is 8.42 Å². The molecule has 2 N–H and O–H groups in total. The molecule has 0 saturated heterocycles. The molecular formula is C15H23NO5S2. The molecular weight excluding hydrogens is 338 g/mol. The molecule has 23 heavy (non-hydrogen) atoms. The Morgan fingerprint density at radius 2 is 1.96 bits per heavy atom. The van der Waals surface area contributed by atoms with E-state index in [1.54, 1.807) is 0 Å². The predicted molar refractivity (Wildman–Crippen MR) is 91.7 cm³/mol. The first-order chi connectivity index (χ1) is 10.9. The Labute approximate surface area is 141 Å². The molecule has 0 heterocycles. The number of carbonyl (C=O) groups excluding carboxylic acids is 1. The largest absolute Gasteiger partial charge is 0.395 e. The summed E-state index contributed by atoms with van der Waals surface area (Å²) in [7, 11) is -1.96. The Kier molecular flexibility index (Phi) is 8.04. The Morgan fingerprint density at radius 3 is 2.43 bits per heavy atom. The molecule has 0 spiro atoms. The number of benzene rings is 1. The van der Waals surface area contributed by atoms with Crippen LogP contribution < -0.4 is 5.32 Å². The number of sulfone groups is 1. The molecule has 8 heteroatoms. The molecule has 1 aromatic carbocycles. The second-order valence-corrected chi connectivity index (χ2v) is 8.24. The third-order valence-corrected chi connectivity index (χ3v) is 6.29. The summed E-state index contributed by atoms with van der Waals surface area (Å²) >= 11 is 1.47. The zero-order valence-corrected chi connectivity index (χ0v) is 15.1. The molecule has 1 rings (SSSR count). The van der Waals surface area contributed by atoms with Crippen molar-refractivity contribution in [2.24, 2.45) is 0 Å². The van der Waals surface area contributed by atoms with Crippen LogP contribution in [-0.2, 0) is 14.6 Å². The summed E-state index contributed by atoms with van der Waals surface area (Å²) in [5, 5.41) is 11.9. The van der Waals surface area contributed by atoms with Gasteiger partial charge in [0.15, 0.2) is 9.84 Å². The van der Waals surface area contributed by atoms with E-state index in [0.717, 1.165) is 0 Å². The van der Waals surface area contributed by atoms with Gasteiger partial charge in [0.05, 0.1) is 23.9 Å². The fourth-order valence-electron chi connectivity index (χ4n) is 1.94. The second-order valence-electron chi connectivity index (χ2n) is 5.05. The minimum atomic E-state index is -3.40. The number of hydrogen-bond donors (Lipinski definition) is 2. The maximum atomic E-state index is 12.2. The summed E-state index contributed by atoms with van der Waals surface area (Å²) in [4.78, 5) is 12.3. The van der Waals surface area contributed by atoms with Crippen LogP contribution >= 0.6 is 11.8 Å². The van der Waals surface area contributed by atoms with Gasteiger partial charge in [0, 0.05) is 24.0 Å². The first kappa shape index (κ1) is 20.0. The van der Waals surface area contributed by atoms with Crippen molar-refractivity contribution < 1.29 is 23.1 Å². The van der Waals surface area contributed by atoms with E-state index in [9.17, 15) is 18.3 Å². The highest BCUT2D eigenvalue weighted by Crippen LogP contribution is 2.14. The number of amides is 1. The van der Waals surface area contributed by atoms with Gasteiger partial charge in [0.1, 0.15) is 0 Å². The summed E-state index contributed by atoms with van der Waals surface area (Å²) in [5.41, 5.74) is 0.375. The molecule has 1 aromatic rings. The Balaban J connectivity index is 2.78. The summed E-state index contributed by atoms with van der Waals surface area (Å²) in [6.45, 7) is 1.91. The van der Waals surface area contributed by atoms with Crippen molar-refractivity contribution in [2.75, 3.05) is 32.3 Å². The van der Waals surface area contributed by atoms with Gasteiger partial charge in [-0.15, -0.1) is 0 Å². The minimum Gasteiger partial charge on any atom is -0.395 e. The number of rotatable bonds is 9. The van der Waals surface area contributed by atoms with E-state index in [1.807, 2.05) is 13.2 Å². The molecule has 0 aliphatic carbocycles. The SMILES string of the molecule is COCCS(=O)(=O)c1ccc(C(=O)N[C@@H](C)[C@@H](CO)SC)cc1. The van der Waals surface area contributed by atoms with Crippen molar-refractivity contribution in [1.29, 1.82) is 0 Å². The number of carbonyl (C=O) groups is 1. The molecule has 2 atom stereocenters. The molecule has 1 amide bonds. The number of aliphatic hydroxyl groups is 1. The lowest BCUT2D eigenvalue weighted by molar-refractivity contribution is 0.0936. The molecule has 6 nitrogen and oxygen atoms in total. The highest BCUT2D eigenvalue weighted by molar-refractivity contribution is 7.99. The standard InChI is InChI=1S/C15H23NO5S2/c1-11(14(10-17)22-3)16-15(18)12-4-6-13(7-5-12)23(19,20)9-8-21-2/h4-7,11,14,17H,8-10H2,1-3H3,(H,16,18)/t11-,14+/m0/s1. The summed E-state index contributed by atoms with van der Waals surface area (Å²) < 4.78 is 28.8. The molecule has 0 radical (unpaired) electrons. The number of aliphatic hydroxyl groups excluding tert-OH is 1. The van der Waals surface area contributed by atoms with Gasteiger partial charge in [0.25, 0.3) is 5.91 Å². The van der Waals surface area contributed by atoms with Crippen molar-refractivity contribution >= 4 is 27.5 Å². The number of hydrogen-bond acceptors (Lipinski definition) is 6. The van der Waals surface area contributed by atoms with E-state index >= 15 is 0 Å². The minimum absolute atomic E-state index is 0.0285. The van der Waals surface area contributed by atoms with E-state index in [1.165, 1.54) is 43.1 Å². The maximum absolute atomic E-state index is 12.2. The van der Waals surface area contributed by atoms with E-state index in [2.05, 4.69) is 5.32 Å². The fourth-order valence-corrected chi connectivity index (χ4v) is 3.74. The van der Waals surface area contributed by atoms with Crippen molar-refractivity contribution in [1.82, 2.24) is 5.32 Å². The van der Waals surface area contributed by atoms with Crippen molar-refractivity contribution in [3.05, 3.63) is 29.8 Å². The fraction of sp³-hybridized carbons (Fsp3) is 0.533. The predicted octanol–water partition coefficient (Wildman–Crippen LogP) is 0.949. The molecule has 130 valence electrons. The first-order valence-electron chi connectivity index (χ1n) is 7.12. The van der Waals surface area contributed by atoms with Crippen LogP contribution in [0.3, 0.4) is 0 Å². The van der Waals surface area contributed by atoms with E-state index in [4.69, 9.17) is 4.74 Å². The van der Waals surface area contributed by atoms with E-state index in [-0.39, 0.29) is 41.1 Å². The lowest BCUT2D eigenvalue weighted by Crippen LogP contribution is -2.41. The number of ether oxygens (including phenoxy) is 1. The summed E-state index contributed by atoms with van der Waals surface area (Å²) in [5.74, 6) is -0.399. The highest BCUT2D eigenvalue weighted by atomic mass is 32.2. The third kappa shape index (κ3) is 5.80. The van der Waals surface area contributed by atoms with Gasteiger partial charge in [-0.2, -0.15) is 11.8 Å². The average molecular weight is 361 g/mol. The van der Waals surface area contributed by atoms with Gasteiger partial charge in [0.2, 0.25) is 0 Å². The van der Waals surface area contributed by atoms with Crippen LogP contribution in [0.15, 0.2) is 29.2 Å². The zero-order valence-electron chi connectivity index (χ0n) is 13.5. The number of methoxy groups -OCH3 is 1. The summed E-state index contributed by atoms with van der Waals surface area (Å²) in [6.07, 6.45) is 1.86. The molecule has 0 bridgehead atoms. The number of thioether (sulfide) groups is 1. The van der Waals surface area contributed by atoms with Gasteiger partial charge in [-0.1, -0.05) is 0 Å². The maximum Gasteiger partial charge on any atom is 0.251 e. The topological polar surface area (TPSA) is 92.7 Å². The lowest BCUT2D eigenvalue weighted by Gasteiger charge is -2.21. The van der Waals surface area contributed by atoms with Crippen LogP contribution in [0, 0.1) is 0 Å². The van der Waals surface area contributed by atoms with Gasteiger partial charge < -0.3 is 15.2 Å². The normalized spacial score (nSPS) is 14.3. The molecule has 0 aliphatic rings. The van der Waals surface area contributed by atoms with Crippen LogP contribution in [0.4, 0.5) is 0 Å². The van der Waals surface area contributed by atoms with Crippen LogP contribution in [0.5, 0.6) is 0 Å². The zero-order chi connectivity index (χ0) is 17.5. The lowest BCUT2D eigenvalue weighted by atomic mass is 10.2. The molecule has 0 unspecified atom stereocenters. The third-order valence-electron chi connectivity index (χ3n) is 3.43. The Hall–Kier alpha value is -1.09. The van der Waals surface area contributed by atoms with Crippen LogP contribution in [0.1, 0.15) is 17.3 Å². The number of nitrogens with one attached hydrogen (secondary N) is 1. The summed E-state index contributed by atoms with van der Waals surface area (Å²) in [6, 6.07) is 5.60. The highest BCUT2D eigenvalue weighted by Gasteiger charge is 2.19. The van der Waals surface area contributed by atoms with E-state index < -0.39 is 9.84 Å². The smallest absolute Gasteiger partial charge is 0.251 e. The average Bonchev–Trinajstić information content (AvgIpc) is 2.54. The first-order valence-corrected chi connectivity index (χ1v) is 10.1. The monoisotopic (exact) mass is 361 g/mol. The van der Waals surface area contributed by atoms with Crippen LogP contribution in [0.25, 0.3) is 0 Å².